The fourth-order valence-corrected chi connectivity index (χ4v) is 4.19. The van der Waals surface area contributed by atoms with Gasteiger partial charge in [0.15, 0.2) is 0 Å². The molecule has 8 heteroatoms. The summed E-state index contributed by atoms with van der Waals surface area (Å²) in [4.78, 5) is 12.7. The average Bonchev–Trinajstić information content (AvgIpc) is 3.34. The van der Waals surface area contributed by atoms with Gasteiger partial charge in [0, 0.05) is 40.9 Å². The Morgan fingerprint density at radius 3 is 2.65 bits per heavy atom. The Morgan fingerprint density at radius 2 is 1.90 bits per heavy atom. The van der Waals surface area contributed by atoms with Crippen LogP contribution in [0, 0.1) is 5.82 Å². The zero-order valence-corrected chi connectivity index (χ0v) is 18.1. The minimum Gasteiger partial charge on any atom is -0.311 e. The number of pyridine rings is 1. The zero-order chi connectivity index (χ0) is 21.5. The highest BCUT2D eigenvalue weighted by molar-refractivity contribution is 9.10. The Morgan fingerprint density at radius 1 is 1.06 bits per heavy atom. The molecular formula is C23H17BrFN5O. The summed E-state index contributed by atoms with van der Waals surface area (Å²) >= 11 is 3.29. The molecule has 5 rings (SSSR count). The fraction of sp³-hybridized carbons (Fsp3) is 0.0870. The van der Waals surface area contributed by atoms with Crippen LogP contribution in [0.5, 0.6) is 0 Å². The van der Waals surface area contributed by atoms with Gasteiger partial charge in [-0.05, 0) is 53.1 Å². The molecule has 0 spiro atoms. The Kier molecular flexibility index (Phi) is 4.78. The van der Waals surface area contributed by atoms with Gasteiger partial charge in [0.2, 0.25) is 0 Å². The third-order valence-corrected chi connectivity index (χ3v) is 5.60. The smallest absolute Gasteiger partial charge is 0.251 e. The van der Waals surface area contributed by atoms with Gasteiger partial charge in [-0.2, -0.15) is 10.2 Å². The first-order valence-electron chi connectivity index (χ1n) is 9.59. The van der Waals surface area contributed by atoms with Crippen LogP contribution in [0.1, 0.15) is 5.56 Å². The maximum atomic E-state index is 13.6. The maximum absolute atomic E-state index is 13.6. The summed E-state index contributed by atoms with van der Waals surface area (Å²) in [5, 5.41) is 12.6. The minimum atomic E-state index is -0.341. The molecule has 0 saturated carbocycles. The van der Waals surface area contributed by atoms with Crippen molar-refractivity contribution in [1.29, 1.82) is 0 Å². The van der Waals surface area contributed by atoms with Crippen molar-refractivity contribution in [2.24, 2.45) is 7.05 Å². The Bertz CT molecular complexity index is 1460. The van der Waals surface area contributed by atoms with Gasteiger partial charge >= 0.3 is 0 Å². The van der Waals surface area contributed by atoms with Gasteiger partial charge in [-0.15, -0.1) is 0 Å². The molecule has 0 aliphatic carbocycles. The lowest BCUT2D eigenvalue weighted by Crippen LogP contribution is -2.19. The highest BCUT2D eigenvalue weighted by Gasteiger charge is 2.12. The van der Waals surface area contributed by atoms with Gasteiger partial charge in [0.25, 0.3) is 5.56 Å². The second-order valence-corrected chi connectivity index (χ2v) is 8.31. The molecule has 0 radical (unpaired) electrons. The molecule has 31 heavy (non-hydrogen) atoms. The monoisotopic (exact) mass is 477 g/mol. The topological polar surface area (TPSA) is 68.5 Å². The molecule has 0 aliphatic heterocycles. The molecule has 6 nitrogen and oxygen atoms in total. The van der Waals surface area contributed by atoms with Crippen molar-refractivity contribution in [1.82, 2.24) is 24.5 Å². The number of benzene rings is 2. The van der Waals surface area contributed by atoms with Gasteiger partial charge in [-0.1, -0.05) is 22.0 Å². The van der Waals surface area contributed by atoms with E-state index in [1.165, 1.54) is 12.1 Å². The Balaban J connectivity index is 1.50. The van der Waals surface area contributed by atoms with E-state index in [0.717, 1.165) is 33.3 Å². The van der Waals surface area contributed by atoms with Gasteiger partial charge in [-0.3, -0.25) is 14.6 Å². The Hall–Kier alpha value is -3.52. The quantitative estimate of drug-likeness (QED) is 0.406. The lowest BCUT2D eigenvalue weighted by molar-refractivity contribution is 0.621. The van der Waals surface area contributed by atoms with Crippen molar-refractivity contribution in [3.63, 3.8) is 0 Å². The number of nitrogens with zero attached hydrogens (tertiary/aromatic N) is 4. The molecule has 0 amide bonds. The van der Waals surface area contributed by atoms with Crippen LogP contribution in [-0.4, -0.2) is 24.5 Å². The number of hydrogen-bond acceptors (Lipinski definition) is 3. The molecule has 1 N–H and O–H groups in total. The molecule has 3 aromatic heterocycles. The van der Waals surface area contributed by atoms with Gasteiger partial charge in [0.05, 0.1) is 18.3 Å². The molecule has 0 fully saturated rings. The molecule has 154 valence electrons. The summed E-state index contributed by atoms with van der Waals surface area (Å²) in [5.74, 6) is -0.341. The normalized spacial score (nSPS) is 11.3. The second kappa shape index (κ2) is 7.63. The maximum Gasteiger partial charge on any atom is 0.251 e. The van der Waals surface area contributed by atoms with Gasteiger partial charge < -0.3 is 4.57 Å². The first-order valence-corrected chi connectivity index (χ1v) is 10.4. The van der Waals surface area contributed by atoms with E-state index in [1.807, 2.05) is 37.5 Å². The highest BCUT2D eigenvalue weighted by atomic mass is 79.9. The molecule has 0 bridgehead atoms. The minimum absolute atomic E-state index is 0.155. The molecule has 0 atom stereocenters. The van der Waals surface area contributed by atoms with E-state index in [9.17, 15) is 9.18 Å². The van der Waals surface area contributed by atoms with Gasteiger partial charge in [0.1, 0.15) is 11.5 Å². The summed E-state index contributed by atoms with van der Waals surface area (Å²) in [6, 6.07) is 14.0. The summed E-state index contributed by atoms with van der Waals surface area (Å²) in [5.41, 5.74) is 4.92. The van der Waals surface area contributed by atoms with E-state index in [2.05, 4.69) is 31.2 Å². The fourth-order valence-electron chi connectivity index (χ4n) is 3.67. The van der Waals surface area contributed by atoms with Crippen molar-refractivity contribution >= 4 is 26.8 Å². The molecule has 0 saturated heterocycles. The second-order valence-electron chi connectivity index (χ2n) is 7.39. The summed E-state index contributed by atoms with van der Waals surface area (Å²) in [7, 11) is 1.86. The largest absolute Gasteiger partial charge is 0.311 e. The van der Waals surface area contributed by atoms with E-state index < -0.39 is 0 Å². The van der Waals surface area contributed by atoms with E-state index >= 15 is 0 Å². The predicted molar refractivity (Wildman–Crippen MR) is 121 cm³/mol. The highest BCUT2D eigenvalue weighted by Crippen LogP contribution is 2.30. The number of nitrogens with one attached hydrogen (secondary N) is 1. The number of fused-ring (bicyclic) bond motifs is 1. The van der Waals surface area contributed by atoms with Crippen LogP contribution >= 0.6 is 15.9 Å². The number of rotatable bonds is 4. The van der Waals surface area contributed by atoms with Crippen LogP contribution in [0.15, 0.2) is 76.4 Å². The molecule has 0 unspecified atom stereocenters. The lowest BCUT2D eigenvalue weighted by atomic mass is 10.0. The molecular weight excluding hydrogens is 461 g/mol. The van der Waals surface area contributed by atoms with Crippen molar-refractivity contribution in [3.8, 4) is 22.4 Å². The van der Waals surface area contributed by atoms with Crippen molar-refractivity contribution in [2.45, 2.75) is 6.54 Å². The first kappa shape index (κ1) is 19.4. The number of aromatic nitrogens is 5. The first-order chi connectivity index (χ1) is 15.0. The number of hydrogen-bond donors (Lipinski definition) is 1. The van der Waals surface area contributed by atoms with E-state index in [1.54, 1.807) is 33.8 Å². The third-order valence-electron chi connectivity index (χ3n) is 5.15. The third kappa shape index (κ3) is 3.82. The van der Waals surface area contributed by atoms with Crippen LogP contribution in [0.2, 0.25) is 0 Å². The van der Waals surface area contributed by atoms with E-state index in [-0.39, 0.29) is 11.4 Å². The molecule has 0 aliphatic rings. The lowest BCUT2D eigenvalue weighted by Gasteiger charge is -2.09. The van der Waals surface area contributed by atoms with Crippen LogP contribution < -0.4 is 5.56 Å². The zero-order valence-electron chi connectivity index (χ0n) is 16.5. The average molecular weight is 478 g/mol. The van der Waals surface area contributed by atoms with Crippen LogP contribution in [-0.2, 0) is 13.6 Å². The SMILES string of the molecule is Cn1cc(-c2n[nH]c3ccc(-c4ccn(Cc5cc(F)cc(Br)c5)c(=O)c4)cc23)cn1. The van der Waals surface area contributed by atoms with Crippen LogP contribution in [0.25, 0.3) is 33.3 Å². The number of H-pyrrole nitrogens is 1. The summed E-state index contributed by atoms with van der Waals surface area (Å²) in [6.07, 6.45) is 5.42. The van der Waals surface area contributed by atoms with Crippen molar-refractivity contribution in [2.75, 3.05) is 0 Å². The summed E-state index contributed by atoms with van der Waals surface area (Å²) < 4.78 is 17.6. The molecule has 2 aromatic carbocycles. The van der Waals surface area contributed by atoms with E-state index in [4.69, 9.17) is 0 Å². The number of halogens is 2. The Labute approximate surface area is 185 Å². The molecule has 3 heterocycles. The van der Waals surface area contributed by atoms with Crippen LogP contribution in [0.4, 0.5) is 4.39 Å². The summed E-state index contributed by atoms with van der Waals surface area (Å²) in [6.45, 7) is 0.293. The van der Waals surface area contributed by atoms with Crippen molar-refractivity contribution < 1.29 is 4.39 Å². The number of aryl methyl sites for hydroxylation is 1. The standard InChI is InChI=1S/C23H17BrFN5O/c1-29-13-17(11-26-29)23-20-8-15(2-3-21(20)27-28-23)16-4-5-30(22(31)9-16)12-14-6-18(24)10-19(25)7-14/h2-11,13H,12H2,1H3,(H,27,28). The van der Waals surface area contributed by atoms with Gasteiger partial charge in [-0.25, -0.2) is 4.39 Å². The van der Waals surface area contributed by atoms with Crippen LogP contribution in [0.3, 0.4) is 0 Å². The predicted octanol–water partition coefficient (Wildman–Crippen LogP) is 4.74. The number of aromatic amines is 1. The van der Waals surface area contributed by atoms with E-state index in [0.29, 0.717) is 16.6 Å². The molecule has 5 aromatic rings. The van der Waals surface area contributed by atoms with Crippen molar-refractivity contribution in [3.05, 3.63) is 93.3 Å².